The van der Waals surface area contributed by atoms with Crippen LogP contribution in [0.4, 0.5) is 0 Å². The zero-order chi connectivity index (χ0) is 14.1. The normalized spacial score (nSPS) is 11.2. The van der Waals surface area contributed by atoms with E-state index in [9.17, 15) is 4.79 Å². The van der Waals surface area contributed by atoms with Gasteiger partial charge in [0.15, 0.2) is 5.57 Å². The maximum atomic E-state index is 11.6. The second kappa shape index (κ2) is 8.22. The molecule has 0 heterocycles. The Morgan fingerprint density at radius 3 is 2.63 bits per heavy atom. The Labute approximate surface area is 117 Å². The van der Waals surface area contributed by atoms with Crippen LogP contribution in [0.25, 0.3) is 0 Å². The molecule has 100 valence electrons. The summed E-state index contributed by atoms with van der Waals surface area (Å²) in [6, 6.07) is 11.7. The fraction of sp³-hybridized carbons (Fsp3) is 0.286. The second-order valence-electron chi connectivity index (χ2n) is 3.58. The molecule has 1 aromatic carbocycles. The van der Waals surface area contributed by atoms with Crippen LogP contribution in [0.15, 0.2) is 40.9 Å². The molecular formula is C14H16N2O2S. The highest BCUT2D eigenvalue weighted by Crippen LogP contribution is 2.15. The zero-order valence-electron chi connectivity index (χ0n) is 11.0. The first-order valence-electron chi connectivity index (χ1n) is 5.86. The standard InChI is InChI=1S/C14H16N2O2S/c1-3-18-14(17)12(9-15)13(19-2)16-10-11-7-5-4-6-8-11/h4-8,16H,3,10H2,1-2H3/b13-12+. The van der Waals surface area contributed by atoms with E-state index in [2.05, 4.69) is 5.32 Å². The number of nitrogens with one attached hydrogen (secondary N) is 1. The minimum Gasteiger partial charge on any atom is -0.462 e. The summed E-state index contributed by atoms with van der Waals surface area (Å²) in [6.07, 6.45) is 1.81. The van der Waals surface area contributed by atoms with Crippen molar-refractivity contribution in [3.63, 3.8) is 0 Å². The van der Waals surface area contributed by atoms with Gasteiger partial charge in [-0.1, -0.05) is 30.3 Å². The molecule has 0 amide bonds. The van der Waals surface area contributed by atoms with Crippen molar-refractivity contribution in [2.75, 3.05) is 12.9 Å². The van der Waals surface area contributed by atoms with E-state index in [4.69, 9.17) is 10.00 Å². The molecule has 0 unspecified atom stereocenters. The van der Waals surface area contributed by atoms with Gasteiger partial charge in [-0.05, 0) is 18.7 Å². The van der Waals surface area contributed by atoms with Crippen molar-refractivity contribution in [3.8, 4) is 6.07 Å². The molecule has 19 heavy (non-hydrogen) atoms. The van der Waals surface area contributed by atoms with E-state index in [1.165, 1.54) is 11.8 Å². The smallest absolute Gasteiger partial charge is 0.351 e. The first kappa shape index (κ1) is 15.1. The van der Waals surface area contributed by atoms with Crippen LogP contribution in [-0.4, -0.2) is 18.8 Å². The fourth-order valence-corrected chi connectivity index (χ4v) is 1.98. The van der Waals surface area contributed by atoms with Gasteiger partial charge in [-0.25, -0.2) is 4.79 Å². The average Bonchev–Trinajstić information content (AvgIpc) is 2.44. The molecule has 0 aliphatic carbocycles. The molecule has 0 aliphatic rings. The number of carbonyl (C=O) groups is 1. The molecule has 0 fully saturated rings. The third-order valence-electron chi connectivity index (χ3n) is 2.32. The van der Waals surface area contributed by atoms with E-state index in [0.717, 1.165) is 5.56 Å². The zero-order valence-corrected chi connectivity index (χ0v) is 11.8. The lowest BCUT2D eigenvalue weighted by atomic mass is 10.2. The molecule has 0 saturated heterocycles. The van der Waals surface area contributed by atoms with E-state index in [1.807, 2.05) is 42.7 Å². The Morgan fingerprint density at radius 1 is 1.42 bits per heavy atom. The van der Waals surface area contributed by atoms with Gasteiger partial charge in [0.1, 0.15) is 6.07 Å². The van der Waals surface area contributed by atoms with Crippen LogP contribution in [0.5, 0.6) is 0 Å². The van der Waals surface area contributed by atoms with Gasteiger partial charge in [0.25, 0.3) is 0 Å². The quantitative estimate of drug-likeness (QED) is 0.491. The van der Waals surface area contributed by atoms with Crippen LogP contribution in [0, 0.1) is 11.3 Å². The molecule has 4 nitrogen and oxygen atoms in total. The lowest BCUT2D eigenvalue weighted by Crippen LogP contribution is -2.17. The molecule has 1 rings (SSSR count). The van der Waals surface area contributed by atoms with Crippen molar-refractivity contribution in [1.82, 2.24) is 5.32 Å². The van der Waals surface area contributed by atoms with Crippen molar-refractivity contribution in [1.29, 1.82) is 5.26 Å². The summed E-state index contributed by atoms with van der Waals surface area (Å²) < 4.78 is 4.86. The number of thioether (sulfide) groups is 1. The van der Waals surface area contributed by atoms with E-state index in [-0.39, 0.29) is 12.2 Å². The highest BCUT2D eigenvalue weighted by molar-refractivity contribution is 8.02. The summed E-state index contributed by atoms with van der Waals surface area (Å²) in [6.45, 7) is 2.52. The largest absolute Gasteiger partial charge is 0.462 e. The molecule has 5 heteroatoms. The second-order valence-corrected chi connectivity index (χ2v) is 4.40. The predicted molar refractivity (Wildman–Crippen MR) is 76.1 cm³/mol. The summed E-state index contributed by atoms with van der Waals surface area (Å²) in [4.78, 5) is 11.6. The van der Waals surface area contributed by atoms with Gasteiger partial charge in [-0.2, -0.15) is 5.26 Å². The highest BCUT2D eigenvalue weighted by atomic mass is 32.2. The summed E-state index contributed by atoms with van der Waals surface area (Å²) in [5.41, 5.74) is 1.10. The molecule has 0 aliphatic heterocycles. The monoisotopic (exact) mass is 276 g/mol. The maximum absolute atomic E-state index is 11.6. The lowest BCUT2D eigenvalue weighted by Gasteiger charge is -2.10. The molecule has 0 atom stereocenters. The van der Waals surface area contributed by atoms with Gasteiger partial charge in [0, 0.05) is 6.54 Å². The van der Waals surface area contributed by atoms with Gasteiger partial charge >= 0.3 is 5.97 Å². The molecule has 1 aromatic rings. The first-order chi connectivity index (χ1) is 9.22. The van der Waals surface area contributed by atoms with E-state index in [1.54, 1.807) is 6.92 Å². The molecule has 0 bridgehead atoms. The minimum absolute atomic E-state index is 0.0188. The van der Waals surface area contributed by atoms with Gasteiger partial charge in [-0.15, -0.1) is 11.8 Å². The third kappa shape index (κ3) is 4.68. The van der Waals surface area contributed by atoms with Crippen LogP contribution in [-0.2, 0) is 16.1 Å². The van der Waals surface area contributed by atoms with Crippen LogP contribution >= 0.6 is 11.8 Å². The van der Waals surface area contributed by atoms with Crippen molar-refractivity contribution in [2.45, 2.75) is 13.5 Å². The third-order valence-corrected chi connectivity index (χ3v) is 3.08. The number of hydrogen-bond donors (Lipinski definition) is 1. The number of nitriles is 1. The van der Waals surface area contributed by atoms with Crippen molar-refractivity contribution >= 4 is 17.7 Å². The molecule has 0 radical (unpaired) electrons. The molecule has 0 aromatic heterocycles. The molecule has 0 spiro atoms. The average molecular weight is 276 g/mol. The predicted octanol–water partition coefficient (Wildman–Crippen LogP) is 2.44. The Balaban J connectivity index is 2.80. The number of rotatable bonds is 6. The van der Waals surface area contributed by atoms with Crippen LogP contribution in [0.1, 0.15) is 12.5 Å². The van der Waals surface area contributed by atoms with Gasteiger partial charge in [-0.3, -0.25) is 0 Å². The van der Waals surface area contributed by atoms with Gasteiger partial charge in [0.05, 0.1) is 11.6 Å². The molecular weight excluding hydrogens is 260 g/mol. The maximum Gasteiger partial charge on any atom is 0.351 e. The van der Waals surface area contributed by atoms with E-state index >= 15 is 0 Å². The van der Waals surface area contributed by atoms with Gasteiger partial charge in [0.2, 0.25) is 0 Å². The Bertz CT molecular complexity index is 492. The number of carbonyl (C=O) groups excluding carboxylic acids is 1. The summed E-state index contributed by atoms with van der Waals surface area (Å²) in [5.74, 6) is -0.588. The molecule has 0 saturated carbocycles. The molecule has 1 N–H and O–H groups in total. The SMILES string of the molecule is CCOC(=O)/C(C#N)=C(\NCc1ccccc1)SC. The summed E-state index contributed by atoms with van der Waals surface area (Å²) in [5, 5.41) is 12.7. The first-order valence-corrected chi connectivity index (χ1v) is 7.08. The van der Waals surface area contributed by atoms with Crippen molar-refractivity contribution in [3.05, 3.63) is 46.5 Å². The lowest BCUT2D eigenvalue weighted by molar-refractivity contribution is -0.138. The van der Waals surface area contributed by atoms with Crippen LogP contribution in [0.3, 0.4) is 0 Å². The minimum atomic E-state index is -0.588. The summed E-state index contributed by atoms with van der Waals surface area (Å²) >= 11 is 1.32. The fourth-order valence-electron chi connectivity index (χ4n) is 1.43. The Kier molecular flexibility index (Phi) is 6.55. The Morgan fingerprint density at radius 2 is 2.11 bits per heavy atom. The number of esters is 1. The van der Waals surface area contributed by atoms with Crippen LogP contribution < -0.4 is 5.32 Å². The number of nitrogens with zero attached hydrogens (tertiary/aromatic N) is 1. The number of benzene rings is 1. The van der Waals surface area contributed by atoms with E-state index in [0.29, 0.717) is 11.6 Å². The van der Waals surface area contributed by atoms with Gasteiger partial charge < -0.3 is 10.1 Å². The number of ether oxygens (including phenoxy) is 1. The van der Waals surface area contributed by atoms with Crippen molar-refractivity contribution < 1.29 is 9.53 Å². The highest BCUT2D eigenvalue weighted by Gasteiger charge is 2.16. The Hall–Kier alpha value is -1.93. The van der Waals surface area contributed by atoms with E-state index < -0.39 is 5.97 Å². The van der Waals surface area contributed by atoms with Crippen LogP contribution in [0.2, 0.25) is 0 Å². The topological polar surface area (TPSA) is 62.1 Å². The summed E-state index contributed by atoms with van der Waals surface area (Å²) in [7, 11) is 0. The van der Waals surface area contributed by atoms with Crippen molar-refractivity contribution in [2.24, 2.45) is 0 Å². The number of hydrogen-bond acceptors (Lipinski definition) is 5.